The van der Waals surface area contributed by atoms with Crippen LogP contribution >= 0.6 is 0 Å². The lowest BCUT2D eigenvalue weighted by molar-refractivity contribution is 0.174. The van der Waals surface area contributed by atoms with E-state index in [2.05, 4.69) is 43.3 Å². The molecule has 0 fully saturated rings. The topological polar surface area (TPSA) is 44.5 Å². The number of hydrogen-bond donors (Lipinski definition) is 1. The molecule has 1 heterocycles. The number of rotatable bonds is 6. The van der Waals surface area contributed by atoms with Crippen LogP contribution in [0.2, 0.25) is 0 Å². The Bertz CT molecular complexity index is 639. The Hall–Kier alpha value is -2.00. The average Bonchev–Trinajstić information content (AvgIpc) is 3.01. The lowest BCUT2D eigenvalue weighted by atomic mass is 9.96. The zero-order valence-corrected chi connectivity index (χ0v) is 13.0. The molecule has 2 aromatic rings. The van der Waals surface area contributed by atoms with Crippen molar-refractivity contribution in [2.45, 2.75) is 26.2 Å². The number of aryl methyl sites for hydroxylation is 1. The Morgan fingerprint density at radius 1 is 1.00 bits per heavy atom. The predicted octanol–water partition coefficient (Wildman–Crippen LogP) is 4.00. The Kier molecular flexibility index (Phi) is 4.64. The number of fused-ring (bicyclic) bond motifs is 1. The van der Waals surface area contributed by atoms with E-state index in [1.54, 1.807) is 0 Å². The van der Waals surface area contributed by atoms with E-state index in [-0.39, 0.29) is 0 Å². The highest BCUT2D eigenvalue weighted by Gasteiger charge is 2.13. The molecule has 0 bridgehead atoms. The molecule has 2 N–H and O–H groups in total. The van der Waals surface area contributed by atoms with Crippen molar-refractivity contribution in [3.63, 3.8) is 0 Å². The van der Waals surface area contributed by atoms with Crippen LogP contribution in [0.3, 0.4) is 0 Å². The highest BCUT2D eigenvalue weighted by Crippen LogP contribution is 2.36. The lowest BCUT2D eigenvalue weighted by Crippen LogP contribution is -2.06. The molecule has 22 heavy (non-hydrogen) atoms. The first kappa shape index (κ1) is 14.9. The van der Waals surface area contributed by atoms with Gasteiger partial charge in [-0.25, -0.2) is 0 Å². The van der Waals surface area contributed by atoms with Gasteiger partial charge in [0.25, 0.3) is 0 Å². The fourth-order valence-electron chi connectivity index (χ4n) is 2.82. The van der Waals surface area contributed by atoms with E-state index in [4.69, 9.17) is 15.2 Å². The standard InChI is InChI=1S/C19H23NO2/c1-14(9-10-20)5-6-15-3-2-4-16(11-15)17-7-8-18-19(12-17)22-13-21-18/h2-4,7-8,11-12,14H,5-6,9-10,13,20H2,1H3. The fraction of sp³-hybridized carbons (Fsp3) is 0.368. The molecule has 0 saturated heterocycles. The second-order valence-corrected chi connectivity index (χ2v) is 5.99. The Balaban J connectivity index is 1.73. The SMILES string of the molecule is CC(CCN)CCc1cccc(-c2ccc3c(c2)OCO3)c1. The zero-order valence-electron chi connectivity index (χ0n) is 13.0. The molecule has 0 radical (unpaired) electrons. The van der Waals surface area contributed by atoms with Gasteiger partial charge in [0.15, 0.2) is 11.5 Å². The van der Waals surface area contributed by atoms with Gasteiger partial charge in [-0.2, -0.15) is 0 Å². The molecule has 3 heteroatoms. The second-order valence-electron chi connectivity index (χ2n) is 5.99. The molecule has 2 aromatic carbocycles. The van der Waals surface area contributed by atoms with E-state index in [9.17, 15) is 0 Å². The largest absolute Gasteiger partial charge is 0.454 e. The number of benzene rings is 2. The third-order valence-corrected chi connectivity index (χ3v) is 4.22. The van der Waals surface area contributed by atoms with Crippen LogP contribution < -0.4 is 15.2 Å². The molecule has 3 nitrogen and oxygen atoms in total. The molecule has 116 valence electrons. The van der Waals surface area contributed by atoms with Gasteiger partial charge in [0.1, 0.15) is 0 Å². The van der Waals surface area contributed by atoms with Crippen molar-refractivity contribution in [3.05, 3.63) is 48.0 Å². The van der Waals surface area contributed by atoms with Gasteiger partial charge >= 0.3 is 0 Å². The molecule has 1 unspecified atom stereocenters. The average molecular weight is 297 g/mol. The molecule has 1 aliphatic heterocycles. The third kappa shape index (κ3) is 3.42. The summed E-state index contributed by atoms with van der Waals surface area (Å²) in [4.78, 5) is 0. The van der Waals surface area contributed by atoms with Crippen LogP contribution in [0.4, 0.5) is 0 Å². The van der Waals surface area contributed by atoms with Crippen LogP contribution in [0.25, 0.3) is 11.1 Å². The van der Waals surface area contributed by atoms with Crippen molar-refractivity contribution >= 4 is 0 Å². The van der Waals surface area contributed by atoms with Crippen LogP contribution in [-0.2, 0) is 6.42 Å². The third-order valence-electron chi connectivity index (χ3n) is 4.22. The molecule has 1 aliphatic rings. The van der Waals surface area contributed by atoms with E-state index < -0.39 is 0 Å². The zero-order chi connectivity index (χ0) is 15.4. The van der Waals surface area contributed by atoms with Crippen LogP contribution in [-0.4, -0.2) is 13.3 Å². The monoisotopic (exact) mass is 297 g/mol. The van der Waals surface area contributed by atoms with E-state index in [1.165, 1.54) is 23.1 Å². The smallest absolute Gasteiger partial charge is 0.231 e. The fourth-order valence-corrected chi connectivity index (χ4v) is 2.82. The van der Waals surface area contributed by atoms with Crippen LogP contribution in [0, 0.1) is 5.92 Å². The molecule has 0 aliphatic carbocycles. The molecule has 0 aromatic heterocycles. The first-order valence-electron chi connectivity index (χ1n) is 7.95. The van der Waals surface area contributed by atoms with Crippen molar-refractivity contribution in [1.29, 1.82) is 0 Å². The summed E-state index contributed by atoms with van der Waals surface area (Å²) in [6.07, 6.45) is 3.38. The first-order chi connectivity index (χ1) is 10.8. The second kappa shape index (κ2) is 6.84. The van der Waals surface area contributed by atoms with Gasteiger partial charge in [-0.3, -0.25) is 0 Å². The maximum Gasteiger partial charge on any atom is 0.231 e. The lowest BCUT2D eigenvalue weighted by Gasteiger charge is -2.11. The Morgan fingerprint density at radius 2 is 1.82 bits per heavy atom. The van der Waals surface area contributed by atoms with Gasteiger partial charge in [-0.15, -0.1) is 0 Å². The summed E-state index contributed by atoms with van der Waals surface area (Å²) in [6.45, 7) is 3.37. The highest BCUT2D eigenvalue weighted by molar-refractivity contribution is 5.68. The minimum atomic E-state index is 0.317. The number of nitrogens with two attached hydrogens (primary N) is 1. The van der Waals surface area contributed by atoms with Gasteiger partial charge in [-0.1, -0.05) is 37.3 Å². The maximum absolute atomic E-state index is 5.62. The number of hydrogen-bond acceptors (Lipinski definition) is 3. The minimum absolute atomic E-state index is 0.317. The van der Waals surface area contributed by atoms with Crippen LogP contribution in [0.1, 0.15) is 25.3 Å². The first-order valence-corrected chi connectivity index (χ1v) is 7.95. The Labute approximate surface area is 132 Å². The highest BCUT2D eigenvalue weighted by atomic mass is 16.7. The van der Waals surface area contributed by atoms with Gasteiger partial charge in [0, 0.05) is 0 Å². The number of ether oxygens (including phenoxy) is 2. The van der Waals surface area contributed by atoms with E-state index >= 15 is 0 Å². The molecule has 3 rings (SSSR count). The van der Waals surface area contributed by atoms with Crippen LogP contribution in [0.15, 0.2) is 42.5 Å². The summed E-state index contributed by atoms with van der Waals surface area (Å²) < 4.78 is 10.8. The van der Waals surface area contributed by atoms with E-state index in [0.717, 1.165) is 30.9 Å². The molecule has 0 saturated carbocycles. The summed E-state index contributed by atoms with van der Waals surface area (Å²) in [5.41, 5.74) is 9.39. The minimum Gasteiger partial charge on any atom is -0.454 e. The molecular formula is C19H23NO2. The van der Waals surface area contributed by atoms with Crippen LogP contribution in [0.5, 0.6) is 11.5 Å². The molecule has 1 atom stereocenters. The quantitative estimate of drug-likeness (QED) is 0.876. The van der Waals surface area contributed by atoms with Gasteiger partial charge in [0.05, 0.1) is 0 Å². The van der Waals surface area contributed by atoms with Crippen molar-refractivity contribution in [1.82, 2.24) is 0 Å². The summed E-state index contributed by atoms with van der Waals surface area (Å²) >= 11 is 0. The van der Waals surface area contributed by atoms with Crippen molar-refractivity contribution in [2.24, 2.45) is 11.7 Å². The summed E-state index contributed by atoms with van der Waals surface area (Å²) in [7, 11) is 0. The van der Waals surface area contributed by atoms with Gasteiger partial charge in [0.2, 0.25) is 6.79 Å². The van der Waals surface area contributed by atoms with Crippen molar-refractivity contribution in [3.8, 4) is 22.6 Å². The van der Waals surface area contributed by atoms with Gasteiger partial charge in [-0.05, 0) is 60.5 Å². The van der Waals surface area contributed by atoms with E-state index in [0.29, 0.717) is 12.7 Å². The summed E-state index contributed by atoms with van der Waals surface area (Å²) in [5, 5.41) is 0. The summed E-state index contributed by atoms with van der Waals surface area (Å²) in [6, 6.07) is 14.9. The summed E-state index contributed by atoms with van der Waals surface area (Å²) in [5.74, 6) is 2.34. The molecule has 0 amide bonds. The predicted molar refractivity (Wildman–Crippen MR) is 89.2 cm³/mol. The van der Waals surface area contributed by atoms with E-state index in [1.807, 2.05) is 6.07 Å². The van der Waals surface area contributed by atoms with Gasteiger partial charge < -0.3 is 15.2 Å². The van der Waals surface area contributed by atoms with Crippen molar-refractivity contribution < 1.29 is 9.47 Å². The maximum atomic E-state index is 5.62. The Morgan fingerprint density at radius 3 is 2.68 bits per heavy atom. The molecule has 0 spiro atoms. The molecular weight excluding hydrogens is 274 g/mol. The normalized spacial score (nSPS) is 14.1. The van der Waals surface area contributed by atoms with Crippen molar-refractivity contribution in [2.75, 3.05) is 13.3 Å².